The van der Waals surface area contributed by atoms with E-state index >= 15 is 0 Å². The Kier molecular flexibility index (Phi) is 4.47. The van der Waals surface area contributed by atoms with Gasteiger partial charge in [0.15, 0.2) is 0 Å². The molecule has 1 saturated heterocycles. The van der Waals surface area contributed by atoms with Crippen molar-refractivity contribution >= 4 is 17.0 Å². The summed E-state index contributed by atoms with van der Waals surface area (Å²) in [7, 11) is 0. The van der Waals surface area contributed by atoms with Crippen molar-refractivity contribution in [3.8, 4) is 0 Å². The van der Waals surface area contributed by atoms with E-state index in [-0.39, 0.29) is 18.5 Å². The monoisotopic (exact) mass is 341 g/mol. The number of aryl methyl sites for hydroxylation is 1. The number of fused-ring (bicyclic) bond motifs is 1. The van der Waals surface area contributed by atoms with E-state index < -0.39 is 18.0 Å². The number of carbonyl (C=O) groups excluding carboxylic acids is 1. The van der Waals surface area contributed by atoms with Gasteiger partial charge in [0.25, 0.3) is 11.6 Å². The van der Waals surface area contributed by atoms with Crippen molar-refractivity contribution in [3.63, 3.8) is 0 Å². The van der Waals surface area contributed by atoms with Gasteiger partial charge in [-0.2, -0.15) is 13.2 Å². The molecule has 0 saturated carbocycles. The molecule has 0 unspecified atom stereocenters. The molecule has 1 aliphatic rings. The molecule has 8 heteroatoms. The number of hydrogen-bond acceptors (Lipinski definition) is 4. The topological polar surface area (TPSA) is 59.2 Å². The molecule has 0 spiro atoms. The highest BCUT2D eigenvalue weighted by Gasteiger charge is 2.42. The fraction of sp³-hybridized carbons (Fsp3) is 0.562. The SMILES string of the molecule is CCCc1noc2ncc(C(=O)N3CCC[C@@H](C(F)(F)F)C3)cc12. The number of pyridine rings is 1. The maximum absolute atomic E-state index is 12.9. The van der Waals surface area contributed by atoms with E-state index in [4.69, 9.17) is 4.52 Å². The molecule has 3 heterocycles. The summed E-state index contributed by atoms with van der Waals surface area (Å²) in [6, 6.07) is 1.61. The van der Waals surface area contributed by atoms with Crippen molar-refractivity contribution < 1.29 is 22.5 Å². The van der Waals surface area contributed by atoms with E-state index in [0.717, 1.165) is 6.42 Å². The van der Waals surface area contributed by atoms with E-state index in [9.17, 15) is 18.0 Å². The summed E-state index contributed by atoms with van der Waals surface area (Å²) in [4.78, 5) is 17.9. The molecule has 0 aromatic carbocycles. The Hall–Kier alpha value is -2.12. The molecule has 0 radical (unpaired) electrons. The van der Waals surface area contributed by atoms with Gasteiger partial charge in [0, 0.05) is 19.3 Å². The second-order valence-corrected chi connectivity index (χ2v) is 6.09. The Labute approximate surface area is 136 Å². The Morgan fingerprint density at radius 2 is 2.25 bits per heavy atom. The lowest BCUT2D eigenvalue weighted by molar-refractivity contribution is -0.184. The summed E-state index contributed by atoms with van der Waals surface area (Å²) < 4.78 is 43.9. The molecule has 2 aromatic heterocycles. The highest BCUT2D eigenvalue weighted by atomic mass is 19.4. The lowest BCUT2D eigenvalue weighted by Crippen LogP contribution is -2.44. The van der Waals surface area contributed by atoms with Gasteiger partial charge in [0.05, 0.1) is 22.6 Å². The quantitative estimate of drug-likeness (QED) is 0.856. The number of piperidine rings is 1. The third-order valence-corrected chi connectivity index (χ3v) is 4.31. The van der Waals surface area contributed by atoms with Crippen molar-refractivity contribution in [2.24, 2.45) is 5.92 Å². The summed E-state index contributed by atoms with van der Waals surface area (Å²) in [5.74, 6) is -1.89. The number of nitrogens with zero attached hydrogens (tertiary/aromatic N) is 3. The van der Waals surface area contributed by atoms with Gasteiger partial charge in [-0.15, -0.1) is 0 Å². The Balaban J connectivity index is 1.84. The van der Waals surface area contributed by atoms with Crippen LogP contribution in [0.5, 0.6) is 0 Å². The van der Waals surface area contributed by atoms with E-state index in [0.29, 0.717) is 36.2 Å². The van der Waals surface area contributed by atoms with E-state index in [1.165, 1.54) is 11.1 Å². The minimum atomic E-state index is -4.27. The van der Waals surface area contributed by atoms with Gasteiger partial charge in [-0.3, -0.25) is 4.79 Å². The van der Waals surface area contributed by atoms with Gasteiger partial charge in [-0.1, -0.05) is 18.5 Å². The van der Waals surface area contributed by atoms with Gasteiger partial charge in [0.2, 0.25) is 0 Å². The van der Waals surface area contributed by atoms with Gasteiger partial charge in [0.1, 0.15) is 0 Å². The summed E-state index contributed by atoms with van der Waals surface area (Å²) in [6.45, 7) is 2.02. The summed E-state index contributed by atoms with van der Waals surface area (Å²) in [6.07, 6.45) is -0.977. The summed E-state index contributed by atoms with van der Waals surface area (Å²) in [5, 5.41) is 4.58. The molecule has 5 nitrogen and oxygen atoms in total. The predicted octanol–water partition coefficient (Wildman–Crippen LogP) is 3.59. The molecule has 1 aliphatic heterocycles. The summed E-state index contributed by atoms with van der Waals surface area (Å²) in [5.41, 5.74) is 1.31. The molecule has 24 heavy (non-hydrogen) atoms. The lowest BCUT2D eigenvalue weighted by Gasteiger charge is -2.33. The number of halogens is 3. The highest BCUT2D eigenvalue weighted by Crippen LogP contribution is 2.33. The molecule has 1 amide bonds. The van der Waals surface area contributed by atoms with Crippen LogP contribution >= 0.6 is 0 Å². The number of rotatable bonds is 3. The first-order valence-electron chi connectivity index (χ1n) is 8.00. The highest BCUT2D eigenvalue weighted by molar-refractivity contribution is 5.97. The average molecular weight is 341 g/mol. The third kappa shape index (κ3) is 3.22. The van der Waals surface area contributed by atoms with E-state index in [1.807, 2.05) is 6.92 Å². The normalized spacial score (nSPS) is 19.0. The first-order valence-corrected chi connectivity index (χ1v) is 8.00. The van der Waals surface area contributed by atoms with Crippen LogP contribution < -0.4 is 0 Å². The molecule has 0 bridgehead atoms. The molecule has 2 aromatic rings. The average Bonchev–Trinajstić information content (AvgIpc) is 2.96. The molecule has 0 aliphatic carbocycles. The van der Waals surface area contributed by atoms with Gasteiger partial charge >= 0.3 is 6.18 Å². The number of aromatic nitrogens is 2. The van der Waals surface area contributed by atoms with E-state index in [2.05, 4.69) is 10.1 Å². The number of amides is 1. The Morgan fingerprint density at radius 1 is 1.46 bits per heavy atom. The van der Waals surface area contributed by atoms with Crippen LogP contribution in [0.3, 0.4) is 0 Å². The van der Waals surface area contributed by atoms with E-state index in [1.54, 1.807) is 6.07 Å². The zero-order valence-corrected chi connectivity index (χ0v) is 13.3. The zero-order chi connectivity index (χ0) is 17.3. The lowest BCUT2D eigenvalue weighted by atomic mass is 9.97. The van der Waals surface area contributed by atoms with Crippen molar-refractivity contribution in [1.29, 1.82) is 0 Å². The largest absolute Gasteiger partial charge is 0.393 e. The molecule has 1 fully saturated rings. The first kappa shape index (κ1) is 16.7. The van der Waals surface area contributed by atoms with Crippen LogP contribution in [0.15, 0.2) is 16.8 Å². The number of hydrogen-bond donors (Lipinski definition) is 0. The van der Waals surface area contributed by atoms with Gasteiger partial charge in [-0.05, 0) is 25.3 Å². The van der Waals surface area contributed by atoms with Crippen LogP contribution in [0.4, 0.5) is 13.2 Å². The number of alkyl halides is 3. The standard InChI is InChI=1S/C16H18F3N3O2/c1-2-4-13-12-7-10(8-20-14(12)24-21-13)15(23)22-6-3-5-11(9-22)16(17,18)19/h7-8,11H,2-6,9H2,1H3/t11-/m1/s1. The Bertz CT molecular complexity index is 742. The fourth-order valence-electron chi connectivity index (χ4n) is 3.02. The zero-order valence-electron chi connectivity index (χ0n) is 13.3. The molecule has 1 atom stereocenters. The first-order chi connectivity index (χ1) is 11.4. The third-order valence-electron chi connectivity index (χ3n) is 4.31. The van der Waals surface area contributed by atoms with Crippen LogP contribution in [0.25, 0.3) is 11.1 Å². The number of likely N-dealkylation sites (tertiary alicyclic amines) is 1. The molecule has 3 rings (SSSR count). The van der Waals surface area contributed by atoms with Gasteiger partial charge in [-0.25, -0.2) is 4.98 Å². The maximum Gasteiger partial charge on any atom is 0.393 e. The number of carbonyl (C=O) groups is 1. The maximum atomic E-state index is 12.9. The van der Waals surface area contributed by atoms with Crippen molar-refractivity contribution in [2.75, 3.05) is 13.1 Å². The van der Waals surface area contributed by atoms with Crippen molar-refractivity contribution in [1.82, 2.24) is 15.0 Å². The molecular weight excluding hydrogens is 323 g/mol. The van der Waals surface area contributed by atoms with Crippen LogP contribution in [-0.2, 0) is 6.42 Å². The second-order valence-electron chi connectivity index (χ2n) is 6.09. The minimum Gasteiger partial charge on any atom is -0.338 e. The molecular formula is C16H18F3N3O2. The smallest absolute Gasteiger partial charge is 0.338 e. The predicted molar refractivity (Wildman–Crippen MR) is 80.5 cm³/mol. The Morgan fingerprint density at radius 3 is 2.96 bits per heavy atom. The van der Waals surface area contributed by atoms with Gasteiger partial charge < -0.3 is 9.42 Å². The van der Waals surface area contributed by atoms with Crippen LogP contribution in [0, 0.1) is 5.92 Å². The van der Waals surface area contributed by atoms with Crippen LogP contribution in [-0.4, -0.2) is 40.2 Å². The summed E-state index contributed by atoms with van der Waals surface area (Å²) >= 11 is 0. The van der Waals surface area contributed by atoms with Crippen LogP contribution in [0.1, 0.15) is 42.2 Å². The molecule has 0 N–H and O–H groups in total. The molecule has 130 valence electrons. The minimum absolute atomic E-state index is 0.0663. The fourth-order valence-corrected chi connectivity index (χ4v) is 3.02. The van der Waals surface area contributed by atoms with Crippen molar-refractivity contribution in [2.45, 2.75) is 38.8 Å². The van der Waals surface area contributed by atoms with Crippen molar-refractivity contribution in [3.05, 3.63) is 23.5 Å². The second kappa shape index (κ2) is 6.41. The van der Waals surface area contributed by atoms with Crippen LogP contribution in [0.2, 0.25) is 0 Å².